The summed E-state index contributed by atoms with van der Waals surface area (Å²) in [7, 11) is 0. The molecule has 0 aliphatic carbocycles. The summed E-state index contributed by atoms with van der Waals surface area (Å²) in [5, 5.41) is 8.70. The van der Waals surface area contributed by atoms with Crippen molar-refractivity contribution in [1.82, 2.24) is 4.98 Å². The van der Waals surface area contributed by atoms with Crippen LogP contribution >= 0.6 is 11.6 Å². The van der Waals surface area contributed by atoms with Crippen LogP contribution in [0.25, 0.3) is 6.08 Å². The number of rotatable bonds is 4. The summed E-state index contributed by atoms with van der Waals surface area (Å²) in [5.41, 5.74) is 0.966. The number of alkyl halides is 1. The lowest BCUT2D eigenvalue weighted by Crippen LogP contribution is -1.96. The van der Waals surface area contributed by atoms with E-state index in [1.54, 1.807) is 12.3 Å². The Morgan fingerprint density at radius 2 is 2.36 bits per heavy atom. The zero-order valence-electron chi connectivity index (χ0n) is 7.48. The van der Waals surface area contributed by atoms with Crippen molar-refractivity contribution < 1.29 is 9.90 Å². The molecular weight excluding hydrogens is 202 g/mol. The third-order valence-electron chi connectivity index (χ3n) is 1.59. The maximum Gasteiger partial charge on any atom is 0.337 e. The number of carboxylic acid groups (broad SMARTS) is 1. The predicted octanol–water partition coefficient (Wildman–Crippen LogP) is 2.42. The molecule has 0 saturated carbocycles. The van der Waals surface area contributed by atoms with Gasteiger partial charge in [0.25, 0.3) is 0 Å². The SMILES string of the molecule is O=C(O)c1cncc(C=CCCCl)c1. The Hall–Kier alpha value is -1.35. The number of pyridine rings is 1. The number of hydrogen-bond donors (Lipinski definition) is 1. The van der Waals surface area contributed by atoms with Crippen LogP contribution < -0.4 is 0 Å². The molecule has 0 aliphatic heterocycles. The first kappa shape index (κ1) is 10.7. The topological polar surface area (TPSA) is 50.2 Å². The molecule has 0 amide bonds. The number of carbonyl (C=O) groups is 1. The van der Waals surface area contributed by atoms with Crippen LogP contribution in [-0.4, -0.2) is 21.9 Å². The summed E-state index contributed by atoms with van der Waals surface area (Å²) < 4.78 is 0. The first-order valence-corrected chi connectivity index (χ1v) is 4.68. The van der Waals surface area contributed by atoms with Crippen LogP contribution in [0.15, 0.2) is 24.5 Å². The lowest BCUT2D eigenvalue weighted by Gasteiger charge is -1.95. The molecule has 1 N–H and O–H groups in total. The van der Waals surface area contributed by atoms with Crippen LogP contribution in [0, 0.1) is 0 Å². The lowest BCUT2D eigenvalue weighted by atomic mass is 10.2. The molecule has 3 nitrogen and oxygen atoms in total. The Kier molecular flexibility index (Phi) is 4.13. The predicted molar refractivity (Wildman–Crippen MR) is 55.6 cm³/mol. The van der Waals surface area contributed by atoms with Crippen LogP contribution in [0.3, 0.4) is 0 Å². The van der Waals surface area contributed by atoms with E-state index in [-0.39, 0.29) is 5.56 Å². The molecule has 0 bridgehead atoms. The number of carboxylic acids is 1. The molecule has 0 unspecified atom stereocenters. The van der Waals surface area contributed by atoms with E-state index in [0.717, 1.165) is 12.0 Å². The van der Waals surface area contributed by atoms with Gasteiger partial charge in [-0.15, -0.1) is 11.6 Å². The van der Waals surface area contributed by atoms with Crippen molar-refractivity contribution in [2.45, 2.75) is 6.42 Å². The van der Waals surface area contributed by atoms with Crippen LogP contribution in [0.4, 0.5) is 0 Å². The molecule has 0 aromatic carbocycles. The molecule has 1 aromatic heterocycles. The van der Waals surface area contributed by atoms with Crippen molar-refractivity contribution in [2.75, 3.05) is 5.88 Å². The molecule has 0 aliphatic rings. The van der Waals surface area contributed by atoms with Crippen LogP contribution in [0.1, 0.15) is 22.3 Å². The average molecular weight is 212 g/mol. The summed E-state index contributed by atoms with van der Waals surface area (Å²) in [6, 6.07) is 1.57. The molecule has 1 rings (SSSR count). The fourth-order valence-electron chi connectivity index (χ4n) is 0.948. The van der Waals surface area contributed by atoms with Gasteiger partial charge in [-0.25, -0.2) is 4.79 Å². The molecule has 0 radical (unpaired) electrons. The first-order valence-electron chi connectivity index (χ1n) is 4.15. The second kappa shape index (κ2) is 5.40. The highest BCUT2D eigenvalue weighted by atomic mass is 35.5. The van der Waals surface area contributed by atoms with E-state index in [1.807, 2.05) is 12.2 Å². The Morgan fingerprint density at radius 3 is 3.00 bits per heavy atom. The minimum absolute atomic E-state index is 0.193. The van der Waals surface area contributed by atoms with Gasteiger partial charge >= 0.3 is 5.97 Å². The van der Waals surface area contributed by atoms with Gasteiger partial charge in [-0.1, -0.05) is 12.2 Å². The summed E-state index contributed by atoms with van der Waals surface area (Å²) in [4.78, 5) is 14.4. The normalized spacial score (nSPS) is 10.6. The molecule has 0 fully saturated rings. The second-order valence-electron chi connectivity index (χ2n) is 2.69. The molecule has 74 valence electrons. The highest BCUT2D eigenvalue weighted by Crippen LogP contribution is 2.05. The van der Waals surface area contributed by atoms with Crippen LogP contribution in [0.5, 0.6) is 0 Å². The van der Waals surface area contributed by atoms with Gasteiger partial charge in [0.15, 0.2) is 0 Å². The minimum Gasteiger partial charge on any atom is -0.478 e. The molecule has 14 heavy (non-hydrogen) atoms. The zero-order chi connectivity index (χ0) is 10.4. The monoisotopic (exact) mass is 211 g/mol. The third-order valence-corrected chi connectivity index (χ3v) is 1.81. The van der Waals surface area contributed by atoms with Gasteiger partial charge in [0.2, 0.25) is 0 Å². The van der Waals surface area contributed by atoms with E-state index in [1.165, 1.54) is 6.20 Å². The average Bonchev–Trinajstić information content (AvgIpc) is 2.19. The van der Waals surface area contributed by atoms with Gasteiger partial charge in [-0.3, -0.25) is 4.98 Å². The second-order valence-corrected chi connectivity index (χ2v) is 3.07. The van der Waals surface area contributed by atoms with Crippen molar-refractivity contribution >= 4 is 23.6 Å². The van der Waals surface area contributed by atoms with Crippen molar-refractivity contribution in [3.8, 4) is 0 Å². The first-order chi connectivity index (χ1) is 6.74. The highest BCUT2D eigenvalue weighted by molar-refractivity contribution is 6.17. The third kappa shape index (κ3) is 3.18. The fraction of sp³-hybridized carbons (Fsp3) is 0.200. The Morgan fingerprint density at radius 1 is 1.57 bits per heavy atom. The largest absolute Gasteiger partial charge is 0.478 e. The summed E-state index contributed by atoms with van der Waals surface area (Å²) in [5.74, 6) is -0.409. The zero-order valence-corrected chi connectivity index (χ0v) is 8.24. The van der Waals surface area contributed by atoms with E-state index in [4.69, 9.17) is 16.7 Å². The van der Waals surface area contributed by atoms with E-state index < -0.39 is 5.97 Å². The Labute approximate surface area is 87.0 Å². The number of hydrogen-bond acceptors (Lipinski definition) is 2. The maximum absolute atomic E-state index is 10.6. The van der Waals surface area contributed by atoms with Crippen molar-refractivity contribution in [2.24, 2.45) is 0 Å². The molecule has 4 heteroatoms. The highest BCUT2D eigenvalue weighted by Gasteiger charge is 2.01. The van der Waals surface area contributed by atoms with Gasteiger partial charge in [0, 0.05) is 18.3 Å². The molecule has 0 saturated heterocycles. The quantitative estimate of drug-likeness (QED) is 0.779. The maximum atomic E-state index is 10.6. The van der Waals surface area contributed by atoms with E-state index in [2.05, 4.69) is 4.98 Å². The van der Waals surface area contributed by atoms with Gasteiger partial charge in [-0.2, -0.15) is 0 Å². The van der Waals surface area contributed by atoms with Crippen molar-refractivity contribution in [3.63, 3.8) is 0 Å². The van der Waals surface area contributed by atoms with Gasteiger partial charge in [0.1, 0.15) is 0 Å². The smallest absolute Gasteiger partial charge is 0.337 e. The van der Waals surface area contributed by atoms with Gasteiger partial charge in [-0.05, 0) is 18.1 Å². The van der Waals surface area contributed by atoms with Crippen molar-refractivity contribution in [3.05, 3.63) is 35.7 Å². The van der Waals surface area contributed by atoms with Gasteiger partial charge in [0.05, 0.1) is 5.56 Å². The van der Waals surface area contributed by atoms with E-state index in [9.17, 15) is 4.79 Å². The van der Waals surface area contributed by atoms with E-state index in [0.29, 0.717) is 5.88 Å². The molecule has 0 spiro atoms. The summed E-state index contributed by atoms with van der Waals surface area (Å²) in [6.07, 6.45) is 7.38. The standard InChI is InChI=1S/C10H10ClNO2/c11-4-2-1-3-8-5-9(10(13)14)7-12-6-8/h1,3,5-7H,2,4H2,(H,13,14). The minimum atomic E-state index is -0.968. The number of halogens is 1. The lowest BCUT2D eigenvalue weighted by molar-refractivity contribution is 0.0696. The molecule has 0 atom stereocenters. The molecular formula is C10H10ClNO2. The number of allylic oxidation sites excluding steroid dienone is 1. The van der Waals surface area contributed by atoms with Crippen LogP contribution in [-0.2, 0) is 0 Å². The number of aromatic carboxylic acids is 1. The van der Waals surface area contributed by atoms with Gasteiger partial charge < -0.3 is 5.11 Å². The fourth-order valence-corrected chi connectivity index (χ4v) is 1.07. The van der Waals surface area contributed by atoms with Crippen molar-refractivity contribution in [1.29, 1.82) is 0 Å². The summed E-state index contributed by atoms with van der Waals surface area (Å²) >= 11 is 5.49. The Bertz CT molecular complexity index is 350. The molecule has 1 heterocycles. The number of aromatic nitrogens is 1. The van der Waals surface area contributed by atoms with E-state index >= 15 is 0 Å². The Balaban J connectivity index is 2.78. The summed E-state index contributed by atoms with van der Waals surface area (Å²) in [6.45, 7) is 0. The number of nitrogens with zero attached hydrogens (tertiary/aromatic N) is 1. The molecule has 1 aromatic rings. The van der Waals surface area contributed by atoms with Crippen LogP contribution in [0.2, 0.25) is 0 Å².